The Kier molecular flexibility index (Phi) is 4.28. The summed E-state index contributed by atoms with van der Waals surface area (Å²) in [7, 11) is 0. The van der Waals surface area contributed by atoms with Crippen molar-refractivity contribution in [3.63, 3.8) is 0 Å². The van der Waals surface area contributed by atoms with E-state index >= 15 is 0 Å². The van der Waals surface area contributed by atoms with Crippen molar-refractivity contribution in [2.24, 2.45) is 23.7 Å². The molecule has 0 nitrogen and oxygen atoms in total. The highest BCUT2D eigenvalue weighted by atomic mass is 14.3. The van der Waals surface area contributed by atoms with E-state index in [0.29, 0.717) is 0 Å². The Hall–Kier alpha value is 0. The van der Waals surface area contributed by atoms with Gasteiger partial charge in [-0.1, -0.05) is 53.4 Å². The second-order valence-electron chi connectivity index (χ2n) is 5.37. The van der Waals surface area contributed by atoms with Gasteiger partial charge in [-0.3, -0.25) is 0 Å². The molecule has 0 heteroatoms. The monoisotopic (exact) mass is 182 g/mol. The molecular weight excluding hydrogens is 156 g/mol. The quantitative estimate of drug-likeness (QED) is 0.603. The minimum Gasteiger partial charge on any atom is -0.0651 e. The molecule has 3 atom stereocenters. The van der Waals surface area contributed by atoms with Crippen molar-refractivity contribution in [2.75, 3.05) is 0 Å². The molecule has 0 aromatic carbocycles. The standard InChI is InChI=1S/C13H26/c1-5-13-11(4)7-6-8-12(13)9-10(2)3/h10-13H,5-9H2,1-4H3. The first-order chi connectivity index (χ1) is 6.15. The maximum atomic E-state index is 2.46. The Labute approximate surface area is 84.1 Å². The lowest BCUT2D eigenvalue weighted by Gasteiger charge is -2.37. The van der Waals surface area contributed by atoms with Crippen LogP contribution in [0.5, 0.6) is 0 Å². The summed E-state index contributed by atoms with van der Waals surface area (Å²) in [6.45, 7) is 9.57. The normalized spacial score (nSPS) is 35.3. The van der Waals surface area contributed by atoms with Crippen LogP contribution in [0.25, 0.3) is 0 Å². The maximum absolute atomic E-state index is 2.46. The Balaban J connectivity index is 2.49. The highest BCUT2D eigenvalue weighted by Crippen LogP contribution is 2.39. The second kappa shape index (κ2) is 5.02. The van der Waals surface area contributed by atoms with E-state index in [2.05, 4.69) is 27.7 Å². The fourth-order valence-corrected chi connectivity index (χ4v) is 3.23. The van der Waals surface area contributed by atoms with Gasteiger partial charge in [-0.25, -0.2) is 0 Å². The molecule has 0 radical (unpaired) electrons. The first-order valence-electron chi connectivity index (χ1n) is 6.15. The lowest BCUT2D eigenvalue weighted by atomic mass is 9.69. The van der Waals surface area contributed by atoms with E-state index in [1.54, 1.807) is 0 Å². The Morgan fingerprint density at radius 1 is 1.23 bits per heavy atom. The van der Waals surface area contributed by atoms with Crippen molar-refractivity contribution >= 4 is 0 Å². The van der Waals surface area contributed by atoms with E-state index in [4.69, 9.17) is 0 Å². The van der Waals surface area contributed by atoms with E-state index in [9.17, 15) is 0 Å². The van der Waals surface area contributed by atoms with Crippen molar-refractivity contribution in [1.29, 1.82) is 0 Å². The summed E-state index contributed by atoms with van der Waals surface area (Å²) in [5.41, 5.74) is 0. The van der Waals surface area contributed by atoms with Crippen molar-refractivity contribution < 1.29 is 0 Å². The number of rotatable bonds is 3. The lowest BCUT2D eigenvalue weighted by Crippen LogP contribution is -2.27. The van der Waals surface area contributed by atoms with Crippen molar-refractivity contribution in [2.45, 2.75) is 59.8 Å². The minimum absolute atomic E-state index is 0.893. The summed E-state index contributed by atoms with van der Waals surface area (Å²) in [6, 6.07) is 0. The number of hydrogen-bond donors (Lipinski definition) is 0. The summed E-state index contributed by atoms with van der Waals surface area (Å²) in [4.78, 5) is 0. The molecule has 1 fully saturated rings. The highest BCUT2D eigenvalue weighted by molar-refractivity contribution is 4.79. The summed E-state index contributed by atoms with van der Waals surface area (Å²) in [5, 5.41) is 0. The molecule has 1 saturated carbocycles. The molecule has 1 rings (SSSR count). The molecule has 13 heavy (non-hydrogen) atoms. The summed E-state index contributed by atoms with van der Waals surface area (Å²) in [5.74, 6) is 3.94. The summed E-state index contributed by atoms with van der Waals surface area (Å²) >= 11 is 0. The van der Waals surface area contributed by atoms with Crippen LogP contribution in [0, 0.1) is 23.7 Å². The lowest BCUT2D eigenvalue weighted by molar-refractivity contribution is 0.139. The molecular formula is C13H26. The van der Waals surface area contributed by atoms with Gasteiger partial charge in [0.2, 0.25) is 0 Å². The third-order valence-electron chi connectivity index (χ3n) is 3.82. The average molecular weight is 182 g/mol. The largest absolute Gasteiger partial charge is 0.0651 e. The van der Waals surface area contributed by atoms with Crippen LogP contribution < -0.4 is 0 Å². The van der Waals surface area contributed by atoms with Crippen molar-refractivity contribution in [1.82, 2.24) is 0 Å². The van der Waals surface area contributed by atoms with E-state index in [1.165, 1.54) is 32.1 Å². The smallest absolute Gasteiger partial charge is 0.0363 e. The zero-order chi connectivity index (χ0) is 9.84. The zero-order valence-corrected chi connectivity index (χ0v) is 9.84. The molecule has 0 aromatic heterocycles. The van der Waals surface area contributed by atoms with Gasteiger partial charge in [0.1, 0.15) is 0 Å². The third kappa shape index (κ3) is 3.00. The molecule has 3 unspecified atom stereocenters. The van der Waals surface area contributed by atoms with Gasteiger partial charge in [0.15, 0.2) is 0 Å². The molecule has 0 bridgehead atoms. The molecule has 0 N–H and O–H groups in total. The zero-order valence-electron chi connectivity index (χ0n) is 9.84. The maximum Gasteiger partial charge on any atom is -0.0363 e. The van der Waals surface area contributed by atoms with Crippen LogP contribution in [0.15, 0.2) is 0 Å². The summed E-state index contributed by atoms with van der Waals surface area (Å²) < 4.78 is 0. The van der Waals surface area contributed by atoms with Gasteiger partial charge in [0.25, 0.3) is 0 Å². The Morgan fingerprint density at radius 2 is 1.92 bits per heavy atom. The highest BCUT2D eigenvalue weighted by Gasteiger charge is 2.29. The first-order valence-corrected chi connectivity index (χ1v) is 6.15. The van der Waals surface area contributed by atoms with Crippen LogP contribution in [0.4, 0.5) is 0 Å². The SMILES string of the molecule is CCC1C(C)CCCC1CC(C)C. The molecule has 0 amide bonds. The molecule has 0 spiro atoms. The van der Waals surface area contributed by atoms with E-state index < -0.39 is 0 Å². The molecule has 78 valence electrons. The third-order valence-corrected chi connectivity index (χ3v) is 3.82. The van der Waals surface area contributed by atoms with Crippen LogP contribution in [0.3, 0.4) is 0 Å². The van der Waals surface area contributed by atoms with E-state index in [0.717, 1.165) is 23.7 Å². The molecule has 0 heterocycles. The molecule has 1 aliphatic carbocycles. The van der Waals surface area contributed by atoms with Crippen LogP contribution >= 0.6 is 0 Å². The average Bonchev–Trinajstić information content (AvgIpc) is 2.03. The van der Waals surface area contributed by atoms with Crippen LogP contribution in [-0.2, 0) is 0 Å². The van der Waals surface area contributed by atoms with Crippen LogP contribution in [0.2, 0.25) is 0 Å². The van der Waals surface area contributed by atoms with Gasteiger partial charge in [0, 0.05) is 0 Å². The van der Waals surface area contributed by atoms with Gasteiger partial charge in [0.05, 0.1) is 0 Å². The topological polar surface area (TPSA) is 0 Å². The Bertz CT molecular complexity index is 137. The van der Waals surface area contributed by atoms with Crippen LogP contribution in [0.1, 0.15) is 59.8 Å². The van der Waals surface area contributed by atoms with Crippen LogP contribution in [-0.4, -0.2) is 0 Å². The Morgan fingerprint density at radius 3 is 2.46 bits per heavy atom. The fraction of sp³-hybridized carbons (Fsp3) is 1.00. The van der Waals surface area contributed by atoms with Gasteiger partial charge < -0.3 is 0 Å². The predicted octanol–water partition coefficient (Wildman–Crippen LogP) is 4.49. The molecule has 0 aromatic rings. The van der Waals surface area contributed by atoms with E-state index in [-0.39, 0.29) is 0 Å². The van der Waals surface area contributed by atoms with Gasteiger partial charge in [-0.15, -0.1) is 0 Å². The first kappa shape index (κ1) is 11.1. The van der Waals surface area contributed by atoms with E-state index in [1.807, 2.05) is 0 Å². The van der Waals surface area contributed by atoms with Gasteiger partial charge in [-0.05, 0) is 30.1 Å². The predicted molar refractivity (Wildman–Crippen MR) is 59.7 cm³/mol. The van der Waals surface area contributed by atoms with Crippen molar-refractivity contribution in [3.8, 4) is 0 Å². The summed E-state index contributed by atoms with van der Waals surface area (Å²) in [6.07, 6.45) is 7.32. The van der Waals surface area contributed by atoms with Gasteiger partial charge >= 0.3 is 0 Å². The molecule has 0 aliphatic heterocycles. The molecule has 1 aliphatic rings. The minimum atomic E-state index is 0.893. The molecule has 0 saturated heterocycles. The number of hydrogen-bond acceptors (Lipinski definition) is 0. The van der Waals surface area contributed by atoms with Crippen molar-refractivity contribution in [3.05, 3.63) is 0 Å². The van der Waals surface area contributed by atoms with Gasteiger partial charge in [-0.2, -0.15) is 0 Å². The second-order valence-corrected chi connectivity index (χ2v) is 5.37. The fourth-order valence-electron chi connectivity index (χ4n) is 3.23.